The van der Waals surface area contributed by atoms with E-state index in [0.29, 0.717) is 19.7 Å². The molecule has 1 amide bonds. The molecule has 1 aromatic heterocycles. The van der Waals surface area contributed by atoms with Crippen molar-refractivity contribution in [2.24, 2.45) is 0 Å². The predicted octanol–water partition coefficient (Wildman–Crippen LogP) is 7.07. The second-order valence-corrected chi connectivity index (χ2v) is 10.2. The Labute approximate surface area is 214 Å². The quantitative estimate of drug-likeness (QED) is 0.367. The summed E-state index contributed by atoms with van der Waals surface area (Å²) in [5, 5.41) is 0. The number of anilines is 1. The number of amides is 1. The van der Waals surface area contributed by atoms with E-state index in [2.05, 4.69) is 64.8 Å². The van der Waals surface area contributed by atoms with Crippen molar-refractivity contribution < 1.29 is 9.53 Å². The molecular formula is C26H33Br2N3O2. The molecule has 178 valence electrons. The van der Waals surface area contributed by atoms with Crippen LogP contribution in [0.4, 0.5) is 10.5 Å². The molecule has 1 aliphatic heterocycles. The third-order valence-electron chi connectivity index (χ3n) is 5.98. The highest BCUT2D eigenvalue weighted by molar-refractivity contribution is 9.10. The number of piperidine rings is 1. The highest BCUT2D eigenvalue weighted by atomic mass is 79.9. The van der Waals surface area contributed by atoms with E-state index in [1.165, 1.54) is 28.7 Å². The van der Waals surface area contributed by atoms with Crippen molar-refractivity contribution >= 4 is 49.2 Å². The fourth-order valence-electron chi connectivity index (χ4n) is 4.36. The minimum Gasteiger partial charge on any atom is -0.450 e. The number of hydrogen-bond acceptors (Lipinski definition) is 4. The van der Waals surface area contributed by atoms with Crippen LogP contribution in [0.5, 0.6) is 0 Å². The van der Waals surface area contributed by atoms with Crippen molar-refractivity contribution in [1.29, 1.82) is 0 Å². The molecule has 1 saturated heterocycles. The third-order valence-corrected chi connectivity index (χ3v) is 7.49. The first-order valence-electron chi connectivity index (χ1n) is 11.7. The normalized spacial score (nSPS) is 15.2. The van der Waals surface area contributed by atoms with Crippen molar-refractivity contribution in [3.63, 3.8) is 0 Å². The van der Waals surface area contributed by atoms with Crippen LogP contribution in [0.25, 0.3) is 5.57 Å². The molecule has 0 saturated carbocycles. The Morgan fingerprint density at radius 3 is 2.42 bits per heavy atom. The van der Waals surface area contributed by atoms with E-state index in [1.807, 2.05) is 13.1 Å². The molecule has 0 spiro atoms. The van der Waals surface area contributed by atoms with Crippen LogP contribution in [0.15, 0.2) is 32.8 Å². The highest BCUT2D eigenvalue weighted by Gasteiger charge is 2.28. The summed E-state index contributed by atoms with van der Waals surface area (Å²) in [5.74, 6) is 0. The van der Waals surface area contributed by atoms with Gasteiger partial charge in [0.15, 0.2) is 0 Å². The number of pyridine rings is 1. The summed E-state index contributed by atoms with van der Waals surface area (Å²) >= 11 is 7.38. The number of aromatic nitrogens is 1. The van der Waals surface area contributed by atoms with Gasteiger partial charge in [0.25, 0.3) is 0 Å². The first-order chi connectivity index (χ1) is 15.8. The maximum Gasteiger partial charge on any atom is 0.409 e. The zero-order valence-corrected chi connectivity index (χ0v) is 23.1. The number of rotatable bonds is 1. The lowest BCUT2D eigenvalue weighted by atomic mass is 9.87. The van der Waals surface area contributed by atoms with Crippen molar-refractivity contribution in [1.82, 2.24) is 9.88 Å². The number of hydrogen-bond donors (Lipinski definition) is 1. The molecule has 4 rings (SSSR count). The number of nitrogen functional groups attached to an aromatic ring is 1. The minimum atomic E-state index is -0.229. The lowest BCUT2D eigenvalue weighted by Crippen LogP contribution is -2.37. The van der Waals surface area contributed by atoms with Gasteiger partial charge in [-0.1, -0.05) is 41.8 Å². The van der Waals surface area contributed by atoms with Gasteiger partial charge in [-0.25, -0.2) is 4.79 Å². The van der Waals surface area contributed by atoms with Gasteiger partial charge in [0, 0.05) is 39.5 Å². The summed E-state index contributed by atoms with van der Waals surface area (Å²) in [6, 6.07) is 4.28. The molecule has 0 atom stereocenters. The molecule has 2 N–H and O–H groups in total. The number of carbonyl (C=O) groups excluding carboxylic acids is 1. The smallest absolute Gasteiger partial charge is 0.409 e. The van der Waals surface area contributed by atoms with Crippen LogP contribution in [0.3, 0.4) is 0 Å². The number of nitrogens with two attached hydrogens (primary N) is 1. The van der Waals surface area contributed by atoms with Gasteiger partial charge in [-0.3, -0.25) is 4.98 Å². The van der Waals surface area contributed by atoms with E-state index >= 15 is 0 Å². The molecule has 1 aromatic carbocycles. The fourth-order valence-corrected chi connectivity index (χ4v) is 5.38. The van der Waals surface area contributed by atoms with Crippen LogP contribution in [0.2, 0.25) is 0 Å². The molecule has 7 heteroatoms. The van der Waals surface area contributed by atoms with Gasteiger partial charge in [-0.15, -0.1) is 0 Å². The first-order valence-corrected chi connectivity index (χ1v) is 13.3. The number of halogens is 2. The number of likely N-dealkylation sites (tertiary alicyclic amines) is 1. The van der Waals surface area contributed by atoms with Crippen LogP contribution < -0.4 is 5.73 Å². The number of aryl methyl sites for hydroxylation is 1. The zero-order chi connectivity index (χ0) is 24.1. The highest BCUT2D eigenvalue weighted by Crippen LogP contribution is 2.42. The standard InChI is InChI=1S/C23H25Br2N3O2.C3H8/c1-3-30-23(29)28-8-6-14(7-9-28)20-18-11-19(26)13(2)21(25)17(18)5-4-15-10-16(24)12-27-22(15)20;1-3-2/h10-12H,3-9,26H2,1-2H3;3H2,1-2H3. The van der Waals surface area contributed by atoms with Crippen LogP contribution in [-0.4, -0.2) is 35.7 Å². The Morgan fingerprint density at radius 1 is 1.12 bits per heavy atom. The average molecular weight is 579 g/mol. The van der Waals surface area contributed by atoms with Crippen LogP contribution >= 0.6 is 31.9 Å². The Hall–Kier alpha value is -1.86. The Morgan fingerprint density at radius 2 is 1.79 bits per heavy atom. The Bertz CT molecular complexity index is 1060. The van der Waals surface area contributed by atoms with Gasteiger partial charge < -0.3 is 15.4 Å². The summed E-state index contributed by atoms with van der Waals surface area (Å²) < 4.78 is 7.26. The topological polar surface area (TPSA) is 68.5 Å². The molecular weight excluding hydrogens is 546 g/mol. The molecule has 1 aliphatic carbocycles. The van der Waals surface area contributed by atoms with Crippen molar-refractivity contribution in [2.45, 2.75) is 59.8 Å². The van der Waals surface area contributed by atoms with E-state index in [9.17, 15) is 4.79 Å². The van der Waals surface area contributed by atoms with Crippen LogP contribution in [-0.2, 0) is 17.6 Å². The maximum atomic E-state index is 12.1. The maximum absolute atomic E-state index is 12.1. The van der Waals surface area contributed by atoms with E-state index in [0.717, 1.165) is 57.1 Å². The second kappa shape index (κ2) is 11.5. The van der Waals surface area contributed by atoms with E-state index in [-0.39, 0.29) is 6.09 Å². The summed E-state index contributed by atoms with van der Waals surface area (Å²) in [6.07, 6.45) is 6.33. The van der Waals surface area contributed by atoms with Crippen molar-refractivity contribution in [2.75, 3.05) is 25.4 Å². The number of benzene rings is 1. The summed E-state index contributed by atoms with van der Waals surface area (Å²) in [7, 11) is 0. The van der Waals surface area contributed by atoms with Crippen LogP contribution in [0.1, 0.15) is 68.0 Å². The Kier molecular flexibility index (Phi) is 8.99. The molecule has 1 fully saturated rings. The van der Waals surface area contributed by atoms with Gasteiger partial charge in [0.1, 0.15) is 0 Å². The predicted molar refractivity (Wildman–Crippen MR) is 142 cm³/mol. The number of ether oxygens (including phenoxy) is 1. The Balaban J connectivity index is 0.000000968. The summed E-state index contributed by atoms with van der Waals surface area (Å²) in [6.45, 7) is 9.85. The lowest BCUT2D eigenvalue weighted by Gasteiger charge is -2.29. The molecule has 0 bridgehead atoms. The van der Waals surface area contributed by atoms with E-state index in [4.69, 9.17) is 15.5 Å². The molecule has 0 unspecified atom stereocenters. The van der Waals surface area contributed by atoms with Gasteiger partial charge in [-0.2, -0.15) is 0 Å². The van der Waals surface area contributed by atoms with E-state index in [1.54, 1.807) is 4.90 Å². The minimum absolute atomic E-state index is 0.229. The third kappa shape index (κ3) is 5.62. The van der Waals surface area contributed by atoms with Crippen molar-refractivity contribution in [3.8, 4) is 0 Å². The molecule has 5 nitrogen and oxygen atoms in total. The summed E-state index contributed by atoms with van der Waals surface area (Å²) in [4.78, 5) is 18.8. The van der Waals surface area contributed by atoms with Crippen LogP contribution in [0, 0.1) is 6.92 Å². The summed E-state index contributed by atoms with van der Waals surface area (Å²) in [5.41, 5.74) is 15.5. The second-order valence-electron chi connectivity index (χ2n) is 8.46. The van der Waals surface area contributed by atoms with Gasteiger partial charge in [0.2, 0.25) is 0 Å². The van der Waals surface area contributed by atoms with Crippen molar-refractivity contribution in [3.05, 3.63) is 60.8 Å². The average Bonchev–Trinajstić information content (AvgIpc) is 2.95. The zero-order valence-electron chi connectivity index (χ0n) is 19.9. The number of carbonyl (C=O) groups is 1. The molecule has 33 heavy (non-hydrogen) atoms. The van der Waals surface area contributed by atoms with Gasteiger partial charge in [-0.05, 0) is 89.8 Å². The van der Waals surface area contributed by atoms with Gasteiger partial charge in [0.05, 0.1) is 12.3 Å². The molecule has 2 aromatic rings. The molecule has 2 heterocycles. The SMILES string of the molecule is CCC.CCOC(=O)N1CCC(=C2c3cc(N)c(C)c(Br)c3CCc3cc(Br)cnc32)CC1. The fraction of sp³-hybridized carbons (Fsp3) is 0.462. The van der Waals surface area contributed by atoms with E-state index < -0.39 is 0 Å². The number of fused-ring (bicyclic) bond motifs is 2. The lowest BCUT2D eigenvalue weighted by molar-refractivity contribution is 0.104. The first kappa shape index (κ1) is 25.8. The largest absolute Gasteiger partial charge is 0.450 e. The monoisotopic (exact) mass is 577 g/mol. The molecule has 2 aliphatic rings. The van der Waals surface area contributed by atoms with Gasteiger partial charge >= 0.3 is 6.09 Å². The number of nitrogens with zero attached hydrogens (tertiary/aromatic N) is 2. The molecule has 0 radical (unpaired) electrons.